The molecule has 0 rings (SSSR count). The molecule has 0 saturated carbocycles. The van der Waals surface area contributed by atoms with Crippen LogP contribution in [-0.2, 0) is 4.74 Å². The van der Waals surface area contributed by atoms with Crippen LogP contribution in [0, 0.1) is 5.41 Å². The van der Waals surface area contributed by atoms with E-state index in [-0.39, 0.29) is 5.60 Å². The Morgan fingerprint density at radius 3 is 1.94 bits per heavy atom. The second kappa shape index (κ2) is 8.16. The molecule has 18 heavy (non-hydrogen) atoms. The van der Waals surface area contributed by atoms with Crippen molar-refractivity contribution in [3.63, 3.8) is 0 Å². The van der Waals surface area contributed by atoms with Gasteiger partial charge in [-0.15, -0.1) is 0 Å². The van der Waals surface area contributed by atoms with E-state index in [0.29, 0.717) is 5.41 Å². The summed E-state index contributed by atoms with van der Waals surface area (Å²) in [5.74, 6) is 0. The van der Waals surface area contributed by atoms with Gasteiger partial charge in [0.15, 0.2) is 0 Å². The fourth-order valence-corrected chi connectivity index (χ4v) is 1.83. The van der Waals surface area contributed by atoms with Crippen molar-refractivity contribution in [3.8, 4) is 0 Å². The molecular weight excluding hydrogens is 222 g/mol. The Hall–Kier alpha value is -0.0800. The Labute approximate surface area is 115 Å². The van der Waals surface area contributed by atoms with Gasteiger partial charge >= 0.3 is 0 Å². The third-order valence-corrected chi connectivity index (χ3v) is 2.97. The topological polar surface area (TPSA) is 12.5 Å². The molecule has 0 spiro atoms. The smallest absolute Gasteiger partial charge is 0.0600 e. The lowest BCUT2D eigenvalue weighted by atomic mass is 9.89. The van der Waals surface area contributed by atoms with E-state index in [2.05, 4.69) is 53.5 Å². The normalized spacial score (nSPS) is 13.3. The molecule has 2 heteroatoms. The van der Waals surface area contributed by atoms with E-state index in [9.17, 15) is 0 Å². The fraction of sp³-hybridized carbons (Fsp3) is 1.00. The van der Waals surface area contributed by atoms with E-state index in [1.807, 2.05) is 0 Å². The van der Waals surface area contributed by atoms with Gasteiger partial charge in [-0.25, -0.2) is 0 Å². The van der Waals surface area contributed by atoms with Crippen molar-refractivity contribution in [2.24, 2.45) is 5.41 Å². The second-order valence-electron chi connectivity index (χ2n) is 7.64. The summed E-state index contributed by atoms with van der Waals surface area (Å²) in [5.41, 5.74) is 0.486. The molecule has 0 radical (unpaired) electrons. The average molecular weight is 257 g/mol. The van der Waals surface area contributed by atoms with Gasteiger partial charge < -0.3 is 9.64 Å². The Bertz CT molecular complexity index is 200. The van der Waals surface area contributed by atoms with E-state index >= 15 is 0 Å². The van der Waals surface area contributed by atoms with E-state index in [0.717, 1.165) is 13.2 Å². The highest BCUT2D eigenvalue weighted by Crippen LogP contribution is 2.21. The lowest BCUT2D eigenvalue weighted by Gasteiger charge is -2.23. The zero-order valence-corrected chi connectivity index (χ0v) is 13.8. The molecule has 110 valence electrons. The molecule has 0 aliphatic rings. The molecule has 0 unspecified atom stereocenters. The minimum absolute atomic E-state index is 0.00640. The van der Waals surface area contributed by atoms with Gasteiger partial charge in [0.2, 0.25) is 0 Å². The van der Waals surface area contributed by atoms with Gasteiger partial charge in [-0.2, -0.15) is 0 Å². The molecule has 2 nitrogen and oxygen atoms in total. The van der Waals surface area contributed by atoms with Crippen LogP contribution in [0.25, 0.3) is 0 Å². The number of ether oxygens (including phenoxy) is 1. The van der Waals surface area contributed by atoms with Crippen LogP contribution in [0.5, 0.6) is 0 Å². The molecule has 0 bridgehead atoms. The minimum Gasteiger partial charge on any atom is -0.375 e. The van der Waals surface area contributed by atoms with Crippen molar-refractivity contribution in [2.45, 2.75) is 72.8 Å². The monoisotopic (exact) mass is 257 g/mol. The Morgan fingerprint density at radius 2 is 1.44 bits per heavy atom. The Morgan fingerprint density at radius 1 is 0.833 bits per heavy atom. The first-order valence-electron chi connectivity index (χ1n) is 7.43. The molecule has 0 aromatic rings. The summed E-state index contributed by atoms with van der Waals surface area (Å²) < 4.78 is 5.73. The third-order valence-electron chi connectivity index (χ3n) is 2.97. The lowest BCUT2D eigenvalue weighted by Crippen LogP contribution is -2.28. The van der Waals surface area contributed by atoms with Gasteiger partial charge in [0.05, 0.1) is 12.2 Å². The van der Waals surface area contributed by atoms with Crippen molar-refractivity contribution in [3.05, 3.63) is 0 Å². The summed E-state index contributed by atoms with van der Waals surface area (Å²) in [6.07, 6.45) is 5.35. The zero-order chi connectivity index (χ0) is 14.2. The number of rotatable bonds is 8. The van der Waals surface area contributed by atoms with Crippen LogP contribution in [0.1, 0.15) is 67.2 Å². The summed E-state index contributed by atoms with van der Waals surface area (Å²) in [6.45, 7) is 16.4. The standard InChI is InChI=1S/C16H35NO/c1-15(2,3)11-9-8-10-12-17(7)13-14-18-16(4,5)6/h8-14H2,1-7H3. The van der Waals surface area contributed by atoms with Gasteiger partial charge in [0.25, 0.3) is 0 Å². The number of hydrogen-bond donors (Lipinski definition) is 0. The van der Waals surface area contributed by atoms with Crippen molar-refractivity contribution in [2.75, 3.05) is 26.7 Å². The second-order valence-corrected chi connectivity index (χ2v) is 7.64. The van der Waals surface area contributed by atoms with Crippen LogP contribution in [0.15, 0.2) is 0 Å². The lowest BCUT2D eigenvalue weighted by molar-refractivity contribution is -0.0108. The summed E-state index contributed by atoms with van der Waals surface area (Å²) in [6, 6.07) is 0. The zero-order valence-electron chi connectivity index (χ0n) is 13.8. The summed E-state index contributed by atoms with van der Waals surface area (Å²) >= 11 is 0. The Balaban J connectivity index is 3.40. The molecule has 0 aromatic heterocycles. The number of nitrogens with zero attached hydrogens (tertiary/aromatic N) is 1. The van der Waals surface area contributed by atoms with Crippen molar-refractivity contribution in [1.29, 1.82) is 0 Å². The van der Waals surface area contributed by atoms with Gasteiger partial charge in [0, 0.05) is 6.54 Å². The van der Waals surface area contributed by atoms with Gasteiger partial charge in [-0.05, 0) is 52.6 Å². The first-order chi connectivity index (χ1) is 8.10. The maximum absolute atomic E-state index is 5.73. The summed E-state index contributed by atoms with van der Waals surface area (Å²) in [4.78, 5) is 2.38. The van der Waals surface area contributed by atoms with Crippen LogP contribution >= 0.6 is 0 Å². The quantitative estimate of drug-likeness (QED) is 0.600. The van der Waals surface area contributed by atoms with Crippen molar-refractivity contribution >= 4 is 0 Å². The maximum atomic E-state index is 5.73. The Kier molecular flexibility index (Phi) is 8.13. The van der Waals surface area contributed by atoms with E-state index < -0.39 is 0 Å². The highest BCUT2D eigenvalue weighted by molar-refractivity contribution is 4.62. The highest BCUT2D eigenvalue weighted by atomic mass is 16.5. The van der Waals surface area contributed by atoms with Gasteiger partial charge in [-0.1, -0.05) is 33.6 Å². The van der Waals surface area contributed by atoms with Crippen molar-refractivity contribution in [1.82, 2.24) is 4.90 Å². The first-order valence-corrected chi connectivity index (χ1v) is 7.43. The molecule has 0 atom stereocenters. The predicted molar refractivity (Wildman–Crippen MR) is 81.1 cm³/mol. The molecule has 0 aliphatic carbocycles. The largest absolute Gasteiger partial charge is 0.375 e. The number of unbranched alkanes of at least 4 members (excludes halogenated alkanes) is 2. The van der Waals surface area contributed by atoms with E-state index in [4.69, 9.17) is 4.74 Å². The molecular formula is C16H35NO. The minimum atomic E-state index is -0.00640. The van der Waals surface area contributed by atoms with Gasteiger partial charge in [-0.3, -0.25) is 0 Å². The summed E-state index contributed by atoms with van der Waals surface area (Å²) in [5, 5.41) is 0. The van der Waals surface area contributed by atoms with Gasteiger partial charge in [0.1, 0.15) is 0 Å². The summed E-state index contributed by atoms with van der Waals surface area (Å²) in [7, 11) is 2.19. The van der Waals surface area contributed by atoms with Crippen LogP contribution in [-0.4, -0.2) is 37.2 Å². The van der Waals surface area contributed by atoms with E-state index in [1.54, 1.807) is 0 Å². The number of hydrogen-bond acceptors (Lipinski definition) is 2. The maximum Gasteiger partial charge on any atom is 0.0600 e. The predicted octanol–water partition coefficient (Wildman–Crippen LogP) is 4.34. The van der Waals surface area contributed by atoms with Crippen LogP contribution in [0.4, 0.5) is 0 Å². The molecule has 0 N–H and O–H groups in total. The van der Waals surface area contributed by atoms with Crippen LogP contribution < -0.4 is 0 Å². The average Bonchev–Trinajstić information content (AvgIpc) is 2.13. The molecule has 0 aromatic carbocycles. The SMILES string of the molecule is CN(CCCCCC(C)(C)C)CCOC(C)(C)C. The molecule has 0 fully saturated rings. The molecule has 0 heterocycles. The van der Waals surface area contributed by atoms with Crippen LogP contribution in [0.3, 0.4) is 0 Å². The molecule has 0 amide bonds. The third kappa shape index (κ3) is 14.0. The first kappa shape index (κ1) is 17.9. The van der Waals surface area contributed by atoms with Crippen molar-refractivity contribution < 1.29 is 4.74 Å². The molecule has 0 aliphatic heterocycles. The van der Waals surface area contributed by atoms with E-state index in [1.165, 1.54) is 32.2 Å². The number of likely N-dealkylation sites (N-methyl/N-ethyl adjacent to an activating group) is 1. The van der Waals surface area contributed by atoms with Crippen LogP contribution in [0.2, 0.25) is 0 Å². The highest BCUT2D eigenvalue weighted by Gasteiger charge is 2.10. The molecule has 0 saturated heterocycles. The fourth-order valence-electron chi connectivity index (χ4n) is 1.83.